The highest BCUT2D eigenvalue weighted by Gasteiger charge is 2.28. The van der Waals surface area contributed by atoms with Gasteiger partial charge in [-0.05, 0) is 58.8 Å². The third kappa shape index (κ3) is 8.83. The second-order valence-corrected chi connectivity index (χ2v) is 10.7. The summed E-state index contributed by atoms with van der Waals surface area (Å²) in [7, 11) is 1.07. The minimum absolute atomic E-state index is 0.427. The van der Waals surface area contributed by atoms with Crippen molar-refractivity contribution in [3.05, 3.63) is 71.1 Å². The van der Waals surface area contributed by atoms with E-state index in [2.05, 4.69) is 82.4 Å². The van der Waals surface area contributed by atoms with Crippen LogP contribution in [0.15, 0.2) is 76.1 Å². The number of nitrogens with zero attached hydrogens (tertiary/aromatic N) is 4. The van der Waals surface area contributed by atoms with Crippen LogP contribution in [-0.2, 0) is 11.0 Å². The number of likely N-dealkylation sites (N-methyl/N-ethyl adjacent to an activating group) is 1. The third-order valence-corrected chi connectivity index (χ3v) is 8.26. The maximum atomic E-state index is 13.1. The van der Waals surface area contributed by atoms with Gasteiger partial charge in [-0.25, -0.2) is 8.51 Å². The van der Waals surface area contributed by atoms with Crippen molar-refractivity contribution in [1.82, 2.24) is 24.7 Å². The predicted molar refractivity (Wildman–Crippen MR) is 160 cm³/mol. The molecule has 0 amide bonds. The zero-order chi connectivity index (χ0) is 27.2. The monoisotopic (exact) mass is 528 g/mol. The minimum Gasteiger partial charge on any atom is -0.372 e. The van der Waals surface area contributed by atoms with E-state index < -0.39 is 11.0 Å². The third-order valence-electron chi connectivity index (χ3n) is 6.65. The lowest BCUT2D eigenvalue weighted by Crippen LogP contribution is -2.44. The number of amidine groups is 1. The van der Waals surface area contributed by atoms with Crippen LogP contribution in [0.1, 0.15) is 47.5 Å². The molecule has 2 fully saturated rings. The van der Waals surface area contributed by atoms with Gasteiger partial charge in [-0.1, -0.05) is 25.2 Å². The summed E-state index contributed by atoms with van der Waals surface area (Å²) in [5, 5.41) is 6.59. The molecule has 0 bridgehead atoms. The van der Waals surface area contributed by atoms with Crippen LogP contribution < -0.4 is 10.6 Å². The lowest BCUT2D eigenvalue weighted by molar-refractivity contribution is 0.304. The first-order chi connectivity index (χ1) is 17.9. The standard InChI is InChI=1S/C26H42N6OS.C3H6/c1-6-9-22(10-11-24(7-2)34(33)32-18-15-27-16-19-32)30(5)23-13-17-31(20-23)21(4)25-12-14-29-26(25)28-8-3;1-3-2/h7,9-12,14,23,27H,6,8,13,15-20H2,1-5H3,(H,28,29);3H,1H2,2H3/b11-10-,22-9-,24-7+,25-21+;. The molecule has 0 aliphatic carbocycles. The van der Waals surface area contributed by atoms with Crippen molar-refractivity contribution in [1.29, 1.82) is 0 Å². The van der Waals surface area contributed by atoms with Gasteiger partial charge in [0.2, 0.25) is 0 Å². The van der Waals surface area contributed by atoms with E-state index in [4.69, 9.17) is 0 Å². The zero-order valence-corrected chi connectivity index (χ0v) is 24.6. The Balaban J connectivity index is 0.00000153. The average molecular weight is 529 g/mol. The van der Waals surface area contributed by atoms with Crippen LogP contribution in [0.25, 0.3) is 0 Å². The second-order valence-electron chi connectivity index (χ2n) is 9.20. The summed E-state index contributed by atoms with van der Waals surface area (Å²) < 4.78 is 15.1. The molecule has 0 spiro atoms. The van der Waals surface area contributed by atoms with Crippen LogP contribution in [0.3, 0.4) is 0 Å². The van der Waals surface area contributed by atoms with Gasteiger partial charge in [0.25, 0.3) is 0 Å². The Bertz CT molecular complexity index is 955. The van der Waals surface area contributed by atoms with Gasteiger partial charge in [0.1, 0.15) is 16.8 Å². The van der Waals surface area contributed by atoms with Crippen LogP contribution in [0.2, 0.25) is 0 Å². The van der Waals surface area contributed by atoms with E-state index in [1.54, 1.807) is 6.08 Å². The SMILES string of the molecule is C=CC.C\C=C(/C=C\C(=C\CC)N(C)C1CCN(/C(C)=C2\C=CNC2=NCC)C1)S(=O)N1CCNCC1. The van der Waals surface area contributed by atoms with Crippen LogP contribution in [0.4, 0.5) is 0 Å². The maximum absolute atomic E-state index is 13.1. The molecule has 3 aliphatic heterocycles. The van der Waals surface area contributed by atoms with Crippen molar-refractivity contribution in [2.75, 3.05) is 52.9 Å². The number of piperazine rings is 1. The zero-order valence-electron chi connectivity index (χ0n) is 23.8. The molecule has 0 aromatic heterocycles. The minimum atomic E-state index is -1.11. The molecule has 3 aliphatic rings. The molecule has 2 saturated heterocycles. The van der Waals surface area contributed by atoms with Crippen molar-refractivity contribution in [3.63, 3.8) is 0 Å². The second kappa shape index (κ2) is 16.4. The Labute approximate surface area is 228 Å². The molecular weight excluding hydrogens is 480 g/mol. The number of hydrogen-bond acceptors (Lipinski definition) is 5. The van der Waals surface area contributed by atoms with Gasteiger partial charge in [-0.15, -0.1) is 6.58 Å². The summed E-state index contributed by atoms with van der Waals surface area (Å²) in [6.45, 7) is 19.9. The first-order valence-corrected chi connectivity index (χ1v) is 14.7. The van der Waals surface area contributed by atoms with Crippen molar-refractivity contribution >= 4 is 16.8 Å². The number of likely N-dealkylation sites (tertiary alicyclic amines) is 1. The van der Waals surface area contributed by atoms with E-state index in [1.807, 2.05) is 32.2 Å². The summed E-state index contributed by atoms with van der Waals surface area (Å²) in [4.78, 5) is 10.3. The van der Waals surface area contributed by atoms with E-state index in [1.165, 1.54) is 17.0 Å². The quantitative estimate of drug-likeness (QED) is 0.345. The van der Waals surface area contributed by atoms with E-state index >= 15 is 0 Å². The van der Waals surface area contributed by atoms with Crippen LogP contribution in [0.5, 0.6) is 0 Å². The highest BCUT2D eigenvalue weighted by atomic mass is 32.2. The maximum Gasteiger partial charge on any atom is 0.134 e. The van der Waals surface area contributed by atoms with Crippen molar-refractivity contribution in [3.8, 4) is 0 Å². The first-order valence-electron chi connectivity index (χ1n) is 13.6. The summed E-state index contributed by atoms with van der Waals surface area (Å²) in [6.07, 6.45) is 16.3. The van der Waals surface area contributed by atoms with Crippen LogP contribution in [0, 0.1) is 0 Å². The summed E-state index contributed by atoms with van der Waals surface area (Å²) in [5.41, 5.74) is 3.66. The molecule has 0 saturated carbocycles. The molecule has 0 aromatic rings. The molecular formula is C29H48N6OS. The fourth-order valence-corrected chi connectivity index (χ4v) is 5.80. The number of rotatable bonds is 9. The van der Waals surface area contributed by atoms with Crippen molar-refractivity contribution < 1.29 is 4.21 Å². The normalized spacial score (nSPS) is 24.2. The fourth-order valence-electron chi connectivity index (χ4n) is 4.61. The highest BCUT2D eigenvalue weighted by molar-refractivity contribution is 7.86. The lowest BCUT2D eigenvalue weighted by atomic mass is 10.2. The molecule has 3 heterocycles. The van der Waals surface area contributed by atoms with Gasteiger partial charge in [-0.3, -0.25) is 4.99 Å². The summed E-state index contributed by atoms with van der Waals surface area (Å²) in [6, 6.07) is 0.427. The van der Waals surface area contributed by atoms with E-state index in [-0.39, 0.29) is 0 Å². The summed E-state index contributed by atoms with van der Waals surface area (Å²) >= 11 is 0. The number of allylic oxidation sites excluding steroid dienone is 6. The van der Waals surface area contributed by atoms with Crippen LogP contribution in [-0.4, -0.2) is 83.1 Å². The molecule has 8 heteroatoms. The molecule has 2 N–H and O–H groups in total. The Morgan fingerprint density at radius 2 is 1.95 bits per heavy atom. The highest BCUT2D eigenvalue weighted by Crippen LogP contribution is 2.25. The van der Waals surface area contributed by atoms with Gasteiger partial charge in [0.05, 0.1) is 4.91 Å². The number of hydrogen-bond donors (Lipinski definition) is 2. The first kappa shape index (κ1) is 30.8. The molecule has 2 atom stereocenters. The number of nitrogens with one attached hydrogen (secondary N) is 2. The molecule has 206 valence electrons. The molecule has 2 unspecified atom stereocenters. The van der Waals surface area contributed by atoms with Crippen molar-refractivity contribution in [2.45, 2.75) is 53.5 Å². The molecule has 0 aromatic carbocycles. The van der Waals surface area contributed by atoms with E-state index in [9.17, 15) is 4.21 Å². The van der Waals surface area contributed by atoms with Crippen molar-refractivity contribution in [2.24, 2.45) is 4.99 Å². The van der Waals surface area contributed by atoms with Gasteiger partial charge >= 0.3 is 0 Å². The number of aliphatic imine (C=N–C) groups is 1. The Morgan fingerprint density at radius 1 is 1.24 bits per heavy atom. The van der Waals surface area contributed by atoms with Gasteiger partial charge < -0.3 is 20.4 Å². The smallest absolute Gasteiger partial charge is 0.134 e. The average Bonchev–Trinajstić information content (AvgIpc) is 3.59. The molecule has 3 rings (SSSR count). The van der Waals surface area contributed by atoms with Gasteiger partial charge in [-0.2, -0.15) is 0 Å². The molecule has 7 nitrogen and oxygen atoms in total. The largest absolute Gasteiger partial charge is 0.372 e. The molecule has 37 heavy (non-hydrogen) atoms. The van der Waals surface area contributed by atoms with Gasteiger partial charge in [0.15, 0.2) is 0 Å². The van der Waals surface area contributed by atoms with E-state index in [0.717, 1.165) is 69.4 Å². The van der Waals surface area contributed by atoms with E-state index in [0.29, 0.717) is 6.04 Å². The summed E-state index contributed by atoms with van der Waals surface area (Å²) in [5.74, 6) is 0.975. The van der Waals surface area contributed by atoms with Crippen LogP contribution >= 0.6 is 0 Å². The van der Waals surface area contributed by atoms with Gasteiger partial charge in [0, 0.05) is 82.1 Å². The Kier molecular flexibility index (Phi) is 13.7. The Hall–Kier alpha value is -2.42. The predicted octanol–water partition coefficient (Wildman–Crippen LogP) is 4.32. The molecule has 0 radical (unpaired) electrons. The Morgan fingerprint density at radius 3 is 2.57 bits per heavy atom. The fraction of sp³-hybridized carbons (Fsp3) is 0.552. The topological polar surface area (TPSA) is 63.2 Å². The lowest BCUT2D eigenvalue weighted by Gasteiger charge is -2.29.